The molecule has 0 aliphatic carbocycles. The van der Waals surface area contributed by atoms with E-state index in [0.717, 1.165) is 16.5 Å². The molecule has 1 heterocycles. The second kappa shape index (κ2) is 12.2. The fourth-order valence-electron chi connectivity index (χ4n) is 3.64. The van der Waals surface area contributed by atoms with Crippen LogP contribution in [0.15, 0.2) is 30.5 Å². The molecule has 34 heavy (non-hydrogen) atoms. The van der Waals surface area contributed by atoms with Crippen molar-refractivity contribution in [3.8, 4) is 0 Å². The van der Waals surface area contributed by atoms with E-state index in [0.29, 0.717) is 6.42 Å². The first-order valence-electron chi connectivity index (χ1n) is 11.5. The van der Waals surface area contributed by atoms with Crippen molar-refractivity contribution in [3.63, 3.8) is 0 Å². The minimum absolute atomic E-state index is 0.223. The van der Waals surface area contributed by atoms with Crippen molar-refractivity contribution >= 4 is 34.6 Å². The van der Waals surface area contributed by atoms with Gasteiger partial charge in [0.05, 0.1) is 6.04 Å². The van der Waals surface area contributed by atoms with E-state index < -0.39 is 48.4 Å². The van der Waals surface area contributed by atoms with Gasteiger partial charge in [-0.3, -0.25) is 19.2 Å². The van der Waals surface area contributed by atoms with Crippen LogP contribution < -0.4 is 21.7 Å². The molecule has 0 saturated carbocycles. The third-order valence-electron chi connectivity index (χ3n) is 5.91. The number of carboxylic acids is 1. The Morgan fingerprint density at radius 1 is 1.00 bits per heavy atom. The summed E-state index contributed by atoms with van der Waals surface area (Å²) in [6.07, 6.45) is 2.71. The smallest absolute Gasteiger partial charge is 0.322 e. The number of amides is 3. The summed E-state index contributed by atoms with van der Waals surface area (Å²) in [5.74, 6) is -3.30. The largest absolute Gasteiger partial charge is 0.480 e. The molecule has 0 fully saturated rings. The summed E-state index contributed by atoms with van der Waals surface area (Å²) in [6, 6.07) is 4.98. The van der Waals surface area contributed by atoms with E-state index in [1.54, 1.807) is 13.8 Å². The van der Waals surface area contributed by atoms with Crippen molar-refractivity contribution in [1.82, 2.24) is 20.9 Å². The fourth-order valence-corrected chi connectivity index (χ4v) is 3.64. The zero-order valence-corrected chi connectivity index (χ0v) is 20.1. The van der Waals surface area contributed by atoms with Gasteiger partial charge in [-0.2, -0.15) is 0 Å². The number of H-pyrrole nitrogens is 1. The highest BCUT2D eigenvalue weighted by Gasteiger charge is 2.32. The number of aromatic amines is 1. The Hall–Kier alpha value is -3.40. The summed E-state index contributed by atoms with van der Waals surface area (Å²) in [5, 5.41) is 17.5. The molecule has 0 saturated heterocycles. The number of para-hydroxylation sites is 1. The van der Waals surface area contributed by atoms with E-state index in [9.17, 15) is 19.2 Å². The van der Waals surface area contributed by atoms with Crippen LogP contribution >= 0.6 is 0 Å². The molecule has 4 atom stereocenters. The van der Waals surface area contributed by atoms with Crippen LogP contribution in [0.1, 0.15) is 39.7 Å². The van der Waals surface area contributed by atoms with Crippen LogP contribution in [0, 0.1) is 11.8 Å². The minimum atomic E-state index is -1.18. The number of nitrogens with one attached hydrogen (secondary N) is 4. The van der Waals surface area contributed by atoms with Crippen LogP contribution in [0.3, 0.4) is 0 Å². The van der Waals surface area contributed by atoms with Crippen molar-refractivity contribution in [1.29, 1.82) is 0 Å². The van der Waals surface area contributed by atoms with Crippen LogP contribution in [0.4, 0.5) is 0 Å². The van der Waals surface area contributed by atoms with Crippen LogP contribution in [-0.2, 0) is 25.6 Å². The third kappa shape index (κ3) is 7.05. The van der Waals surface area contributed by atoms with Crippen molar-refractivity contribution in [2.24, 2.45) is 17.6 Å². The van der Waals surface area contributed by atoms with Crippen molar-refractivity contribution in [3.05, 3.63) is 36.0 Å². The van der Waals surface area contributed by atoms with E-state index in [1.165, 1.54) is 0 Å². The van der Waals surface area contributed by atoms with Gasteiger partial charge in [-0.25, -0.2) is 0 Å². The Kier molecular flexibility index (Phi) is 9.61. The first-order chi connectivity index (χ1) is 16.0. The lowest BCUT2D eigenvalue weighted by atomic mass is 9.95. The summed E-state index contributed by atoms with van der Waals surface area (Å²) >= 11 is 0. The van der Waals surface area contributed by atoms with Gasteiger partial charge in [0.2, 0.25) is 17.7 Å². The number of aromatic nitrogens is 1. The van der Waals surface area contributed by atoms with E-state index in [-0.39, 0.29) is 18.3 Å². The maximum atomic E-state index is 13.1. The number of nitrogens with two attached hydrogens (primary N) is 1. The highest BCUT2D eigenvalue weighted by atomic mass is 16.4. The van der Waals surface area contributed by atoms with Gasteiger partial charge in [-0.1, -0.05) is 52.3 Å². The van der Waals surface area contributed by atoms with Gasteiger partial charge in [-0.15, -0.1) is 0 Å². The summed E-state index contributed by atoms with van der Waals surface area (Å²) in [4.78, 5) is 52.3. The minimum Gasteiger partial charge on any atom is -0.480 e. The molecular formula is C24H35N5O5. The number of aliphatic carboxylic acids is 1. The summed E-state index contributed by atoms with van der Waals surface area (Å²) < 4.78 is 0. The molecule has 0 aliphatic heterocycles. The van der Waals surface area contributed by atoms with Gasteiger partial charge in [-0.05, 0) is 29.9 Å². The molecule has 1 aromatic carbocycles. The van der Waals surface area contributed by atoms with Gasteiger partial charge in [0.15, 0.2) is 0 Å². The number of carboxylic acid groups (broad SMARTS) is 1. The van der Waals surface area contributed by atoms with Crippen molar-refractivity contribution in [2.45, 2.75) is 58.7 Å². The molecule has 4 unspecified atom stereocenters. The number of benzene rings is 1. The van der Waals surface area contributed by atoms with Crippen molar-refractivity contribution < 1.29 is 24.3 Å². The first kappa shape index (κ1) is 26.8. The Labute approximate surface area is 199 Å². The van der Waals surface area contributed by atoms with E-state index in [4.69, 9.17) is 10.8 Å². The average Bonchev–Trinajstić information content (AvgIpc) is 3.21. The lowest BCUT2D eigenvalue weighted by Gasteiger charge is -2.28. The monoisotopic (exact) mass is 473 g/mol. The molecule has 7 N–H and O–H groups in total. The van der Waals surface area contributed by atoms with Gasteiger partial charge in [0, 0.05) is 17.1 Å². The molecule has 0 radical (unpaired) electrons. The highest BCUT2D eigenvalue weighted by molar-refractivity contribution is 5.94. The Morgan fingerprint density at radius 2 is 1.65 bits per heavy atom. The van der Waals surface area contributed by atoms with Gasteiger partial charge >= 0.3 is 5.97 Å². The van der Waals surface area contributed by atoms with Gasteiger partial charge in [0.25, 0.3) is 0 Å². The maximum Gasteiger partial charge on any atom is 0.322 e. The Balaban J connectivity index is 2.09. The zero-order chi connectivity index (χ0) is 25.4. The topological polar surface area (TPSA) is 166 Å². The summed E-state index contributed by atoms with van der Waals surface area (Å²) in [7, 11) is 0. The third-order valence-corrected chi connectivity index (χ3v) is 5.91. The highest BCUT2D eigenvalue weighted by Crippen LogP contribution is 2.19. The second-order valence-corrected chi connectivity index (χ2v) is 8.88. The number of rotatable bonds is 12. The van der Waals surface area contributed by atoms with Crippen LogP contribution in [0.25, 0.3) is 10.9 Å². The number of carbonyl (C=O) groups is 4. The average molecular weight is 474 g/mol. The van der Waals surface area contributed by atoms with E-state index in [1.807, 2.05) is 44.3 Å². The number of hydrogen-bond acceptors (Lipinski definition) is 5. The van der Waals surface area contributed by atoms with Crippen molar-refractivity contribution in [2.75, 3.05) is 6.54 Å². The molecule has 1 aromatic heterocycles. The van der Waals surface area contributed by atoms with Crippen LogP contribution in [0.5, 0.6) is 0 Å². The predicted molar refractivity (Wildman–Crippen MR) is 129 cm³/mol. The molecule has 3 amide bonds. The Bertz CT molecular complexity index is 1020. The lowest BCUT2D eigenvalue weighted by molar-refractivity contribution is -0.139. The SMILES string of the molecule is CCC(C)C(NC(=O)C(N)Cc1c[nH]c2ccccc12)C(=O)NC(C(=O)NCC(=O)O)C(C)C. The number of fused-ring (bicyclic) bond motifs is 1. The predicted octanol–water partition coefficient (Wildman–Crippen LogP) is 0.910. The van der Waals surface area contributed by atoms with E-state index >= 15 is 0 Å². The van der Waals surface area contributed by atoms with E-state index in [2.05, 4.69) is 20.9 Å². The maximum absolute atomic E-state index is 13.1. The fraction of sp³-hybridized carbons (Fsp3) is 0.500. The first-order valence-corrected chi connectivity index (χ1v) is 11.5. The molecule has 0 bridgehead atoms. The molecule has 0 aliphatic rings. The van der Waals surface area contributed by atoms with Crippen LogP contribution in [0.2, 0.25) is 0 Å². The van der Waals surface area contributed by atoms with Gasteiger partial charge < -0.3 is 31.8 Å². The summed E-state index contributed by atoms with van der Waals surface area (Å²) in [6.45, 7) is 6.64. The second-order valence-electron chi connectivity index (χ2n) is 8.88. The molecule has 10 nitrogen and oxygen atoms in total. The molecule has 2 aromatic rings. The Morgan fingerprint density at radius 3 is 2.26 bits per heavy atom. The molecule has 10 heteroatoms. The molecule has 186 valence electrons. The zero-order valence-electron chi connectivity index (χ0n) is 20.1. The van der Waals surface area contributed by atoms with Crippen LogP contribution in [-0.4, -0.2) is 58.5 Å². The summed E-state index contributed by atoms with van der Waals surface area (Å²) in [5.41, 5.74) is 8.03. The molecule has 0 spiro atoms. The number of hydrogen-bond donors (Lipinski definition) is 6. The lowest BCUT2D eigenvalue weighted by Crippen LogP contribution is -2.59. The molecule has 2 rings (SSSR count). The quantitative estimate of drug-likeness (QED) is 0.268. The standard InChI is InChI=1S/C24H35N5O5/c1-5-14(4)21(24(34)28-20(13(2)3)23(33)27-12-19(30)31)29-22(32)17(25)10-15-11-26-18-9-7-6-8-16(15)18/h6-9,11,13-14,17,20-21,26H,5,10,12,25H2,1-4H3,(H,27,33)(H,28,34)(H,29,32)(H,30,31). The normalized spacial score (nSPS) is 14.8. The number of carbonyl (C=O) groups excluding carboxylic acids is 3. The van der Waals surface area contributed by atoms with Gasteiger partial charge in [0.1, 0.15) is 18.6 Å². The molecular weight excluding hydrogens is 438 g/mol.